The Morgan fingerprint density at radius 2 is 1.95 bits per heavy atom. The van der Waals surface area contributed by atoms with Crippen LogP contribution in [0.25, 0.3) is 0 Å². The average molecular weight is 315 g/mol. The molecule has 0 bridgehead atoms. The van der Waals surface area contributed by atoms with Crippen molar-refractivity contribution < 1.29 is 4.79 Å². The van der Waals surface area contributed by atoms with Gasteiger partial charge in [-0.1, -0.05) is 42.5 Å². The zero-order valence-electron chi connectivity index (χ0n) is 11.7. The lowest BCUT2D eigenvalue weighted by Crippen LogP contribution is -2.32. The van der Waals surface area contributed by atoms with Gasteiger partial charge in [0.1, 0.15) is 0 Å². The molecule has 1 fully saturated rings. The number of halogens is 2. The molecule has 2 N–H and O–H groups in total. The van der Waals surface area contributed by atoms with E-state index in [-0.39, 0.29) is 10.9 Å². The maximum atomic E-state index is 12.5. The SMILES string of the molecule is CN(CC1CCCCC1)C(=O)c1cc(N)cc(Cl)c1Cl. The van der Waals surface area contributed by atoms with Gasteiger partial charge in [-0.25, -0.2) is 0 Å². The number of nitrogen functional groups attached to an aromatic ring is 1. The van der Waals surface area contributed by atoms with Gasteiger partial charge in [-0.15, -0.1) is 0 Å². The van der Waals surface area contributed by atoms with Crippen LogP contribution in [0.3, 0.4) is 0 Å². The summed E-state index contributed by atoms with van der Waals surface area (Å²) in [5.41, 5.74) is 6.57. The molecule has 3 nitrogen and oxygen atoms in total. The number of hydrogen-bond donors (Lipinski definition) is 1. The summed E-state index contributed by atoms with van der Waals surface area (Å²) >= 11 is 12.1. The Labute approximate surface area is 130 Å². The molecule has 0 heterocycles. The molecule has 1 aliphatic carbocycles. The first-order valence-corrected chi connectivity index (χ1v) is 7.74. The molecule has 0 radical (unpaired) electrons. The minimum absolute atomic E-state index is 0.116. The molecule has 0 aliphatic heterocycles. The number of carbonyl (C=O) groups is 1. The molecule has 0 aromatic heterocycles. The van der Waals surface area contributed by atoms with E-state index in [9.17, 15) is 4.79 Å². The molecule has 0 saturated heterocycles. The highest BCUT2D eigenvalue weighted by Crippen LogP contribution is 2.30. The summed E-state index contributed by atoms with van der Waals surface area (Å²) in [7, 11) is 1.81. The van der Waals surface area contributed by atoms with E-state index in [1.54, 1.807) is 17.0 Å². The highest BCUT2D eigenvalue weighted by Gasteiger charge is 2.21. The van der Waals surface area contributed by atoms with E-state index in [1.807, 2.05) is 7.05 Å². The van der Waals surface area contributed by atoms with Gasteiger partial charge < -0.3 is 10.6 Å². The van der Waals surface area contributed by atoms with Gasteiger partial charge in [0.2, 0.25) is 0 Å². The van der Waals surface area contributed by atoms with E-state index in [4.69, 9.17) is 28.9 Å². The Morgan fingerprint density at radius 3 is 2.60 bits per heavy atom. The van der Waals surface area contributed by atoms with E-state index < -0.39 is 0 Å². The molecule has 0 atom stereocenters. The molecular formula is C15H20Cl2N2O. The molecule has 0 unspecified atom stereocenters. The predicted octanol–water partition coefficient (Wildman–Crippen LogP) is 4.23. The van der Waals surface area contributed by atoms with Crippen molar-refractivity contribution in [3.05, 3.63) is 27.7 Å². The Hall–Kier alpha value is -0.930. The number of nitrogens with zero attached hydrogens (tertiary/aromatic N) is 1. The van der Waals surface area contributed by atoms with Crippen LogP contribution < -0.4 is 5.73 Å². The quantitative estimate of drug-likeness (QED) is 0.849. The first kappa shape index (κ1) is 15.5. The van der Waals surface area contributed by atoms with Crippen molar-refractivity contribution in [2.75, 3.05) is 19.3 Å². The Kier molecular flexibility index (Phi) is 5.17. The number of nitrogens with two attached hydrogens (primary N) is 1. The molecule has 20 heavy (non-hydrogen) atoms. The molecule has 110 valence electrons. The van der Waals surface area contributed by atoms with Gasteiger partial charge in [0.05, 0.1) is 15.6 Å². The maximum absolute atomic E-state index is 12.5. The Balaban J connectivity index is 2.10. The topological polar surface area (TPSA) is 46.3 Å². The zero-order valence-corrected chi connectivity index (χ0v) is 13.2. The third-order valence-electron chi connectivity index (χ3n) is 3.88. The second-order valence-electron chi connectivity index (χ2n) is 5.55. The fourth-order valence-electron chi connectivity index (χ4n) is 2.81. The van der Waals surface area contributed by atoms with Crippen molar-refractivity contribution in [1.29, 1.82) is 0 Å². The third-order valence-corrected chi connectivity index (χ3v) is 4.69. The van der Waals surface area contributed by atoms with Gasteiger partial charge in [0, 0.05) is 19.3 Å². The molecule has 5 heteroatoms. The van der Waals surface area contributed by atoms with E-state index in [0.717, 1.165) is 6.54 Å². The third kappa shape index (κ3) is 3.58. The number of anilines is 1. The molecule has 1 amide bonds. The fourth-order valence-corrected chi connectivity index (χ4v) is 3.23. The summed E-state index contributed by atoms with van der Waals surface area (Å²) in [6, 6.07) is 3.15. The van der Waals surface area contributed by atoms with E-state index in [0.29, 0.717) is 22.2 Å². The number of benzene rings is 1. The van der Waals surface area contributed by atoms with Gasteiger partial charge in [-0.2, -0.15) is 0 Å². The molecule has 1 saturated carbocycles. The van der Waals surface area contributed by atoms with Gasteiger partial charge in [-0.05, 0) is 30.9 Å². The van der Waals surface area contributed by atoms with Crippen molar-refractivity contribution in [1.82, 2.24) is 4.90 Å². The number of rotatable bonds is 3. The van der Waals surface area contributed by atoms with Crippen molar-refractivity contribution in [2.24, 2.45) is 5.92 Å². The molecule has 2 rings (SSSR count). The van der Waals surface area contributed by atoms with Crippen molar-refractivity contribution >= 4 is 34.8 Å². The number of hydrogen-bond acceptors (Lipinski definition) is 2. The van der Waals surface area contributed by atoms with Crippen molar-refractivity contribution in [2.45, 2.75) is 32.1 Å². The summed E-state index contributed by atoms with van der Waals surface area (Å²) in [6.45, 7) is 0.765. The highest BCUT2D eigenvalue weighted by molar-refractivity contribution is 6.44. The second-order valence-corrected chi connectivity index (χ2v) is 6.34. The number of amides is 1. The van der Waals surface area contributed by atoms with Gasteiger partial charge >= 0.3 is 0 Å². The van der Waals surface area contributed by atoms with Crippen LogP contribution in [0.4, 0.5) is 5.69 Å². The highest BCUT2D eigenvalue weighted by atomic mass is 35.5. The van der Waals surface area contributed by atoms with E-state index in [2.05, 4.69) is 0 Å². The minimum Gasteiger partial charge on any atom is -0.399 e. The lowest BCUT2D eigenvalue weighted by atomic mass is 9.89. The monoisotopic (exact) mass is 314 g/mol. The van der Waals surface area contributed by atoms with Crippen LogP contribution in [0.5, 0.6) is 0 Å². The van der Waals surface area contributed by atoms with E-state index in [1.165, 1.54) is 32.1 Å². The largest absolute Gasteiger partial charge is 0.399 e. The molecule has 1 aromatic carbocycles. The first-order valence-electron chi connectivity index (χ1n) is 6.99. The lowest BCUT2D eigenvalue weighted by Gasteiger charge is -2.27. The minimum atomic E-state index is -0.116. The summed E-state index contributed by atoms with van der Waals surface area (Å²) < 4.78 is 0. The van der Waals surface area contributed by atoms with Gasteiger partial charge in [-0.3, -0.25) is 4.79 Å². The maximum Gasteiger partial charge on any atom is 0.255 e. The number of carbonyl (C=O) groups excluding carboxylic acids is 1. The van der Waals surface area contributed by atoms with Crippen LogP contribution in [0, 0.1) is 5.92 Å². The van der Waals surface area contributed by atoms with Crippen LogP contribution in [-0.2, 0) is 0 Å². The summed E-state index contributed by atoms with van der Waals surface area (Å²) in [6.07, 6.45) is 6.23. The molecule has 1 aliphatic rings. The van der Waals surface area contributed by atoms with E-state index >= 15 is 0 Å². The van der Waals surface area contributed by atoms with Crippen molar-refractivity contribution in [3.8, 4) is 0 Å². The van der Waals surface area contributed by atoms with Crippen LogP contribution in [0.1, 0.15) is 42.5 Å². The Bertz CT molecular complexity index is 499. The molecule has 0 spiro atoms. The van der Waals surface area contributed by atoms with Gasteiger partial charge in [0.25, 0.3) is 5.91 Å². The smallest absolute Gasteiger partial charge is 0.255 e. The fraction of sp³-hybridized carbons (Fsp3) is 0.533. The van der Waals surface area contributed by atoms with Crippen LogP contribution in [-0.4, -0.2) is 24.4 Å². The molecular weight excluding hydrogens is 295 g/mol. The molecule has 1 aromatic rings. The second kappa shape index (κ2) is 6.68. The van der Waals surface area contributed by atoms with Gasteiger partial charge in [0.15, 0.2) is 0 Å². The lowest BCUT2D eigenvalue weighted by molar-refractivity contribution is 0.0761. The first-order chi connectivity index (χ1) is 9.49. The summed E-state index contributed by atoms with van der Waals surface area (Å²) in [5, 5.41) is 0.599. The van der Waals surface area contributed by atoms with Crippen molar-refractivity contribution in [3.63, 3.8) is 0 Å². The summed E-state index contributed by atoms with van der Waals surface area (Å²) in [4.78, 5) is 14.2. The van der Waals surface area contributed by atoms with Crippen LogP contribution in [0.2, 0.25) is 10.0 Å². The average Bonchev–Trinajstić information content (AvgIpc) is 2.43. The van der Waals surface area contributed by atoms with Crippen LogP contribution >= 0.6 is 23.2 Å². The Morgan fingerprint density at radius 1 is 1.30 bits per heavy atom. The normalized spacial score (nSPS) is 16.1. The standard InChI is InChI=1S/C15H20Cl2N2O/c1-19(9-10-5-3-2-4-6-10)15(20)12-7-11(18)8-13(16)14(12)17/h7-8,10H,2-6,9,18H2,1H3. The predicted molar refractivity (Wildman–Crippen MR) is 84.4 cm³/mol. The van der Waals surface area contributed by atoms with Crippen LogP contribution in [0.15, 0.2) is 12.1 Å². The zero-order chi connectivity index (χ0) is 14.7. The summed E-state index contributed by atoms with van der Waals surface area (Å²) in [5.74, 6) is 0.475.